The van der Waals surface area contributed by atoms with Gasteiger partial charge in [-0.25, -0.2) is 4.79 Å². The summed E-state index contributed by atoms with van der Waals surface area (Å²) in [6.07, 6.45) is 5.91. The zero-order valence-corrected chi connectivity index (χ0v) is 11.0. The van der Waals surface area contributed by atoms with Crippen molar-refractivity contribution in [2.24, 2.45) is 5.11 Å². The average molecular weight is 250 g/mol. The maximum Gasteiger partial charge on any atom is 0.410 e. The molecule has 1 heterocycles. The molecule has 18 heavy (non-hydrogen) atoms. The minimum atomic E-state index is -0.547. The highest BCUT2D eigenvalue weighted by atomic mass is 16.6. The first-order valence-electron chi connectivity index (χ1n) is 5.84. The maximum absolute atomic E-state index is 12.0. The molecule has 0 spiro atoms. The zero-order valence-electron chi connectivity index (χ0n) is 11.0. The summed E-state index contributed by atoms with van der Waals surface area (Å²) in [6, 6.07) is -0.332. The number of carbonyl (C=O) groups excluding carboxylic acids is 1. The van der Waals surface area contributed by atoms with Crippen molar-refractivity contribution in [2.75, 3.05) is 6.54 Å². The highest BCUT2D eigenvalue weighted by Gasteiger charge is 2.36. The van der Waals surface area contributed by atoms with E-state index in [9.17, 15) is 4.79 Å². The molecule has 0 N–H and O–H groups in total. The lowest BCUT2D eigenvalue weighted by molar-refractivity contribution is 0.0228. The third-order valence-electron chi connectivity index (χ3n) is 2.59. The van der Waals surface area contributed by atoms with Gasteiger partial charge in [0.05, 0.1) is 6.04 Å². The van der Waals surface area contributed by atoms with Crippen LogP contribution in [0, 0.1) is 12.3 Å². The Hall–Kier alpha value is -1.86. The fourth-order valence-electron chi connectivity index (χ4n) is 1.92. The summed E-state index contributed by atoms with van der Waals surface area (Å²) in [4.78, 5) is 16.3. The van der Waals surface area contributed by atoms with Crippen LogP contribution in [0.2, 0.25) is 0 Å². The minimum Gasteiger partial charge on any atom is -0.444 e. The van der Waals surface area contributed by atoms with Gasteiger partial charge in [-0.2, -0.15) is 0 Å². The Morgan fingerprint density at radius 1 is 1.67 bits per heavy atom. The van der Waals surface area contributed by atoms with Gasteiger partial charge < -0.3 is 9.64 Å². The summed E-state index contributed by atoms with van der Waals surface area (Å²) < 4.78 is 5.31. The van der Waals surface area contributed by atoms with E-state index in [0.717, 1.165) is 0 Å². The lowest BCUT2D eigenvalue weighted by Crippen LogP contribution is -2.40. The van der Waals surface area contributed by atoms with Gasteiger partial charge in [0.25, 0.3) is 0 Å². The van der Waals surface area contributed by atoms with Crippen molar-refractivity contribution in [1.82, 2.24) is 4.90 Å². The SMILES string of the molecule is C#CC[C@@H]1C[C@@H](N=[N+]=[N-])CN1C(=O)OC(C)(C)C. The summed E-state index contributed by atoms with van der Waals surface area (Å²) >= 11 is 0. The molecule has 1 saturated heterocycles. The van der Waals surface area contributed by atoms with Crippen molar-refractivity contribution in [3.63, 3.8) is 0 Å². The number of carbonyl (C=O) groups is 1. The molecule has 0 saturated carbocycles. The molecule has 1 aliphatic heterocycles. The van der Waals surface area contributed by atoms with Gasteiger partial charge in [-0.15, -0.1) is 12.3 Å². The van der Waals surface area contributed by atoms with Crippen LogP contribution < -0.4 is 0 Å². The number of rotatable bonds is 2. The second-order valence-corrected chi connectivity index (χ2v) is 5.29. The van der Waals surface area contributed by atoms with Gasteiger partial charge in [0.1, 0.15) is 5.60 Å². The van der Waals surface area contributed by atoms with Crippen LogP contribution >= 0.6 is 0 Å². The Labute approximate surface area is 107 Å². The summed E-state index contributed by atoms with van der Waals surface area (Å²) in [5.74, 6) is 2.54. The van der Waals surface area contributed by atoms with Gasteiger partial charge >= 0.3 is 6.09 Å². The predicted octanol–water partition coefficient (Wildman–Crippen LogP) is 2.70. The Morgan fingerprint density at radius 2 is 2.33 bits per heavy atom. The van der Waals surface area contributed by atoms with Gasteiger partial charge in [-0.05, 0) is 32.7 Å². The molecule has 98 valence electrons. The smallest absolute Gasteiger partial charge is 0.410 e. The Bertz CT molecular complexity index is 401. The molecule has 6 heteroatoms. The molecule has 0 aliphatic carbocycles. The van der Waals surface area contributed by atoms with E-state index < -0.39 is 11.7 Å². The van der Waals surface area contributed by atoms with Crippen LogP contribution in [0.1, 0.15) is 33.6 Å². The van der Waals surface area contributed by atoms with Crippen LogP contribution in [0.4, 0.5) is 4.79 Å². The normalized spacial score (nSPS) is 23.1. The van der Waals surface area contributed by atoms with Crippen LogP contribution in [0.3, 0.4) is 0 Å². The summed E-state index contributed by atoms with van der Waals surface area (Å²) in [5, 5.41) is 3.65. The first-order valence-corrected chi connectivity index (χ1v) is 5.84. The third kappa shape index (κ3) is 3.86. The van der Waals surface area contributed by atoms with Crippen LogP contribution in [-0.4, -0.2) is 35.2 Å². The molecule has 1 aliphatic rings. The fourth-order valence-corrected chi connectivity index (χ4v) is 1.92. The minimum absolute atomic E-state index is 0.111. The molecule has 0 aromatic heterocycles. The van der Waals surface area contributed by atoms with Crippen molar-refractivity contribution >= 4 is 6.09 Å². The van der Waals surface area contributed by atoms with Crippen LogP contribution in [0.5, 0.6) is 0 Å². The molecule has 0 unspecified atom stereocenters. The lowest BCUT2D eigenvalue weighted by atomic mass is 10.1. The van der Waals surface area contributed by atoms with E-state index in [1.54, 1.807) is 4.90 Å². The summed E-state index contributed by atoms with van der Waals surface area (Å²) in [7, 11) is 0. The molecular formula is C12H18N4O2. The molecule has 2 atom stereocenters. The number of nitrogens with zero attached hydrogens (tertiary/aromatic N) is 4. The van der Waals surface area contributed by atoms with Crippen molar-refractivity contribution in [1.29, 1.82) is 0 Å². The number of hydrogen-bond donors (Lipinski definition) is 0. The molecule has 1 amide bonds. The largest absolute Gasteiger partial charge is 0.444 e. The Balaban J connectivity index is 2.75. The van der Waals surface area contributed by atoms with Gasteiger partial charge in [0, 0.05) is 23.9 Å². The van der Waals surface area contributed by atoms with Crippen LogP contribution in [0.25, 0.3) is 10.4 Å². The first kappa shape index (κ1) is 14.2. The molecule has 1 rings (SSSR count). The molecule has 0 aromatic carbocycles. The molecule has 0 aromatic rings. The first-order chi connectivity index (χ1) is 8.37. The van der Waals surface area contributed by atoms with E-state index >= 15 is 0 Å². The second-order valence-electron chi connectivity index (χ2n) is 5.29. The van der Waals surface area contributed by atoms with Crippen LogP contribution in [0.15, 0.2) is 5.11 Å². The van der Waals surface area contributed by atoms with Gasteiger partial charge in [-0.3, -0.25) is 0 Å². The van der Waals surface area contributed by atoms with E-state index in [1.807, 2.05) is 20.8 Å². The predicted molar refractivity (Wildman–Crippen MR) is 67.7 cm³/mol. The van der Waals surface area contributed by atoms with E-state index in [1.165, 1.54) is 0 Å². The standard InChI is InChI=1S/C12H18N4O2/c1-5-6-10-7-9(14-15-13)8-16(10)11(17)18-12(2,3)4/h1,9-10H,6-8H2,2-4H3/t9-,10-/m1/s1. The highest BCUT2D eigenvalue weighted by molar-refractivity contribution is 5.69. The van der Waals surface area contributed by atoms with Gasteiger partial charge in [-0.1, -0.05) is 5.11 Å². The molecule has 1 fully saturated rings. The molecular weight excluding hydrogens is 232 g/mol. The van der Waals surface area contributed by atoms with E-state index in [0.29, 0.717) is 19.4 Å². The average Bonchev–Trinajstić information content (AvgIpc) is 2.60. The Kier molecular flexibility index (Phi) is 4.46. The number of azide groups is 1. The van der Waals surface area contributed by atoms with E-state index in [2.05, 4.69) is 15.9 Å². The van der Waals surface area contributed by atoms with Crippen molar-refractivity contribution in [2.45, 2.75) is 51.3 Å². The second kappa shape index (κ2) is 5.65. The van der Waals surface area contributed by atoms with Crippen molar-refractivity contribution in [3.05, 3.63) is 10.4 Å². The van der Waals surface area contributed by atoms with Gasteiger partial charge in [0.15, 0.2) is 0 Å². The van der Waals surface area contributed by atoms with E-state index in [-0.39, 0.29) is 12.1 Å². The monoisotopic (exact) mass is 250 g/mol. The fraction of sp³-hybridized carbons (Fsp3) is 0.750. The molecule has 0 bridgehead atoms. The molecule has 0 radical (unpaired) electrons. The quantitative estimate of drug-likeness (QED) is 0.327. The number of hydrogen-bond acceptors (Lipinski definition) is 3. The highest BCUT2D eigenvalue weighted by Crippen LogP contribution is 2.25. The zero-order chi connectivity index (χ0) is 13.8. The number of ether oxygens (including phenoxy) is 1. The third-order valence-corrected chi connectivity index (χ3v) is 2.59. The summed E-state index contributed by atoms with van der Waals surface area (Å²) in [5.41, 5.74) is 7.89. The van der Waals surface area contributed by atoms with E-state index in [4.69, 9.17) is 16.7 Å². The molecule has 6 nitrogen and oxygen atoms in total. The number of likely N-dealkylation sites (tertiary alicyclic amines) is 1. The maximum atomic E-state index is 12.0. The Morgan fingerprint density at radius 3 is 2.83 bits per heavy atom. The summed E-state index contributed by atoms with van der Waals surface area (Å²) in [6.45, 7) is 5.79. The lowest BCUT2D eigenvalue weighted by Gasteiger charge is -2.27. The van der Waals surface area contributed by atoms with Crippen molar-refractivity contribution < 1.29 is 9.53 Å². The number of amides is 1. The topological polar surface area (TPSA) is 78.3 Å². The van der Waals surface area contributed by atoms with Gasteiger partial charge in [0.2, 0.25) is 0 Å². The van der Waals surface area contributed by atoms with Crippen molar-refractivity contribution in [3.8, 4) is 12.3 Å². The van der Waals surface area contributed by atoms with Crippen LogP contribution in [-0.2, 0) is 4.74 Å². The number of terminal acetylenes is 1.